The van der Waals surface area contributed by atoms with E-state index in [4.69, 9.17) is 0 Å². The van der Waals surface area contributed by atoms with Gasteiger partial charge in [-0.3, -0.25) is 14.4 Å². The van der Waals surface area contributed by atoms with Crippen LogP contribution in [0.15, 0.2) is 29.6 Å². The fraction of sp³-hybridized carbons (Fsp3) is 0.400. The third-order valence-electron chi connectivity index (χ3n) is 4.54. The van der Waals surface area contributed by atoms with Crippen molar-refractivity contribution >= 4 is 56.3 Å². The van der Waals surface area contributed by atoms with Crippen LogP contribution in [-0.4, -0.2) is 43.3 Å². The molecule has 0 saturated carbocycles. The molecular weight excluding hydrogens is 408 g/mol. The van der Waals surface area contributed by atoms with Gasteiger partial charge in [0, 0.05) is 23.3 Å². The number of hydrogen-bond acceptors (Lipinski definition) is 8. The standard InChI is InChI=1S/C20H22N4O3S2/c1-4-28-19(26)16(20(27)29-5-2)18-13-7-6-12(9-14(13)21-10-22-18)17-11(3)8-15(25)23-24-17/h6-7,9-11,16H,4-5,8H2,1-3H3,(H,23,25). The molecule has 1 amide bonds. The van der Waals surface area contributed by atoms with E-state index in [1.807, 2.05) is 39.0 Å². The third kappa shape index (κ3) is 4.67. The van der Waals surface area contributed by atoms with E-state index in [2.05, 4.69) is 20.5 Å². The van der Waals surface area contributed by atoms with Crippen molar-refractivity contribution in [1.29, 1.82) is 0 Å². The van der Waals surface area contributed by atoms with Crippen LogP contribution in [0.3, 0.4) is 0 Å². The topological polar surface area (TPSA) is 101 Å². The third-order valence-corrected chi connectivity index (χ3v) is 6.16. The van der Waals surface area contributed by atoms with E-state index < -0.39 is 5.92 Å². The Bertz CT molecular complexity index is 975. The van der Waals surface area contributed by atoms with Crippen molar-refractivity contribution in [3.63, 3.8) is 0 Å². The summed E-state index contributed by atoms with van der Waals surface area (Å²) in [4.78, 5) is 45.6. The molecule has 1 aromatic heterocycles. The fourth-order valence-electron chi connectivity index (χ4n) is 3.24. The van der Waals surface area contributed by atoms with Gasteiger partial charge >= 0.3 is 0 Å². The first-order chi connectivity index (χ1) is 14.0. The molecule has 2 heterocycles. The molecule has 0 spiro atoms. The van der Waals surface area contributed by atoms with Gasteiger partial charge in [0.15, 0.2) is 0 Å². The molecule has 1 aromatic carbocycles. The molecule has 0 fully saturated rings. The summed E-state index contributed by atoms with van der Waals surface area (Å²) in [7, 11) is 0. The summed E-state index contributed by atoms with van der Waals surface area (Å²) < 4.78 is 0. The molecule has 1 aliphatic heterocycles. The Morgan fingerprint density at radius 1 is 1.17 bits per heavy atom. The van der Waals surface area contributed by atoms with Crippen molar-refractivity contribution in [3.05, 3.63) is 35.8 Å². The van der Waals surface area contributed by atoms with E-state index in [1.165, 1.54) is 6.33 Å². The summed E-state index contributed by atoms with van der Waals surface area (Å²) in [5.74, 6) is 0.145. The van der Waals surface area contributed by atoms with Crippen LogP contribution in [0.4, 0.5) is 0 Å². The smallest absolute Gasteiger partial charge is 0.240 e. The highest BCUT2D eigenvalue weighted by Crippen LogP contribution is 2.31. The van der Waals surface area contributed by atoms with E-state index in [0.29, 0.717) is 34.5 Å². The number of hydrazone groups is 1. The molecule has 0 aliphatic carbocycles. The first kappa shape index (κ1) is 21.4. The van der Waals surface area contributed by atoms with Gasteiger partial charge in [-0.25, -0.2) is 15.4 Å². The Morgan fingerprint density at radius 2 is 1.86 bits per heavy atom. The second-order valence-corrected chi connectivity index (χ2v) is 9.10. The summed E-state index contributed by atoms with van der Waals surface area (Å²) in [6, 6.07) is 5.56. The van der Waals surface area contributed by atoms with Crippen LogP contribution in [0, 0.1) is 5.92 Å². The number of amides is 1. The maximum absolute atomic E-state index is 12.7. The largest absolute Gasteiger partial charge is 0.286 e. The van der Waals surface area contributed by atoms with Crippen LogP contribution in [0.2, 0.25) is 0 Å². The molecule has 1 unspecified atom stereocenters. The van der Waals surface area contributed by atoms with Gasteiger partial charge in [0.1, 0.15) is 12.2 Å². The number of fused-ring (bicyclic) bond motifs is 1. The lowest BCUT2D eigenvalue weighted by Crippen LogP contribution is -2.31. The first-order valence-corrected chi connectivity index (χ1v) is 11.4. The quantitative estimate of drug-likeness (QED) is 0.703. The van der Waals surface area contributed by atoms with Gasteiger partial charge < -0.3 is 0 Å². The Kier molecular flexibility index (Phi) is 7.02. The predicted octanol–water partition coefficient (Wildman–Crippen LogP) is 3.13. The zero-order chi connectivity index (χ0) is 21.0. The number of rotatable bonds is 6. The Morgan fingerprint density at radius 3 is 2.48 bits per heavy atom. The Balaban J connectivity index is 2.06. The Labute approximate surface area is 177 Å². The van der Waals surface area contributed by atoms with E-state index in [0.717, 1.165) is 34.8 Å². The maximum atomic E-state index is 12.7. The van der Waals surface area contributed by atoms with Crippen molar-refractivity contribution in [3.8, 4) is 0 Å². The lowest BCUT2D eigenvalue weighted by molar-refractivity contribution is -0.122. The minimum Gasteiger partial charge on any atom is -0.286 e. The van der Waals surface area contributed by atoms with Crippen molar-refractivity contribution in [2.24, 2.45) is 11.0 Å². The van der Waals surface area contributed by atoms with E-state index in [1.54, 1.807) is 0 Å². The average Bonchev–Trinajstić information content (AvgIpc) is 2.68. The number of nitrogens with zero attached hydrogens (tertiary/aromatic N) is 3. The van der Waals surface area contributed by atoms with Gasteiger partial charge in [-0.15, -0.1) is 0 Å². The summed E-state index contributed by atoms with van der Waals surface area (Å²) in [5, 5.41) is 4.46. The highest BCUT2D eigenvalue weighted by atomic mass is 32.2. The minimum atomic E-state index is -0.925. The molecule has 7 nitrogen and oxygen atoms in total. The first-order valence-electron chi connectivity index (χ1n) is 9.40. The normalized spacial score (nSPS) is 16.6. The second kappa shape index (κ2) is 9.49. The maximum Gasteiger partial charge on any atom is 0.240 e. The van der Waals surface area contributed by atoms with E-state index in [-0.39, 0.29) is 22.1 Å². The van der Waals surface area contributed by atoms with Gasteiger partial charge in [0.25, 0.3) is 0 Å². The summed E-state index contributed by atoms with van der Waals surface area (Å²) in [5.41, 5.74) is 5.20. The van der Waals surface area contributed by atoms with Crippen LogP contribution in [0.5, 0.6) is 0 Å². The molecule has 0 bridgehead atoms. The number of carbonyl (C=O) groups is 3. The zero-order valence-corrected chi connectivity index (χ0v) is 18.1. The van der Waals surface area contributed by atoms with Gasteiger partial charge in [0.05, 0.1) is 16.9 Å². The molecule has 1 N–H and O–H groups in total. The molecule has 1 atom stereocenters. The molecule has 2 aromatic rings. The van der Waals surface area contributed by atoms with Crippen molar-refractivity contribution in [2.75, 3.05) is 11.5 Å². The van der Waals surface area contributed by atoms with Gasteiger partial charge in [-0.2, -0.15) is 5.10 Å². The Hall–Kier alpha value is -2.26. The summed E-state index contributed by atoms with van der Waals surface area (Å²) >= 11 is 2.26. The zero-order valence-electron chi connectivity index (χ0n) is 16.5. The van der Waals surface area contributed by atoms with Crippen molar-refractivity contribution in [2.45, 2.75) is 33.1 Å². The molecular formula is C20H22N4O3S2. The van der Waals surface area contributed by atoms with Crippen molar-refractivity contribution in [1.82, 2.24) is 15.4 Å². The predicted molar refractivity (Wildman–Crippen MR) is 117 cm³/mol. The minimum absolute atomic E-state index is 0.0136. The number of nitrogens with one attached hydrogen (secondary N) is 1. The molecule has 0 radical (unpaired) electrons. The van der Waals surface area contributed by atoms with Gasteiger partial charge in [0.2, 0.25) is 16.1 Å². The SMILES string of the molecule is CCSC(=O)C(C(=O)SCC)c1ncnc2cc(C3=NNC(=O)CC3C)ccc12. The molecule has 1 aliphatic rings. The van der Waals surface area contributed by atoms with Crippen LogP contribution < -0.4 is 5.43 Å². The summed E-state index contributed by atoms with van der Waals surface area (Å²) in [6.07, 6.45) is 1.76. The van der Waals surface area contributed by atoms with Crippen LogP contribution >= 0.6 is 23.5 Å². The number of hydrogen-bond donors (Lipinski definition) is 1. The molecule has 152 valence electrons. The number of carbonyl (C=O) groups excluding carboxylic acids is 3. The van der Waals surface area contributed by atoms with Crippen LogP contribution in [0.25, 0.3) is 10.9 Å². The van der Waals surface area contributed by atoms with Crippen LogP contribution in [0.1, 0.15) is 44.4 Å². The van der Waals surface area contributed by atoms with Gasteiger partial charge in [-0.1, -0.05) is 56.4 Å². The van der Waals surface area contributed by atoms with Crippen molar-refractivity contribution < 1.29 is 14.4 Å². The molecule has 0 saturated heterocycles. The van der Waals surface area contributed by atoms with E-state index in [9.17, 15) is 14.4 Å². The number of thioether (sulfide) groups is 2. The van der Waals surface area contributed by atoms with Gasteiger partial charge in [-0.05, 0) is 17.6 Å². The lowest BCUT2D eigenvalue weighted by Gasteiger charge is -2.20. The number of benzene rings is 1. The summed E-state index contributed by atoms with van der Waals surface area (Å²) in [6.45, 7) is 5.71. The number of aromatic nitrogens is 2. The molecule has 9 heteroatoms. The monoisotopic (exact) mass is 430 g/mol. The lowest BCUT2D eigenvalue weighted by atomic mass is 9.93. The fourth-order valence-corrected chi connectivity index (χ4v) is 4.65. The second-order valence-electron chi connectivity index (χ2n) is 6.57. The van der Waals surface area contributed by atoms with E-state index >= 15 is 0 Å². The highest BCUT2D eigenvalue weighted by molar-refractivity contribution is 8.15. The van der Waals surface area contributed by atoms with Crippen LogP contribution in [-0.2, 0) is 14.4 Å². The molecule has 29 heavy (non-hydrogen) atoms. The highest BCUT2D eigenvalue weighted by Gasteiger charge is 2.31. The average molecular weight is 431 g/mol. The molecule has 3 rings (SSSR count).